The van der Waals surface area contributed by atoms with Crippen molar-refractivity contribution in [2.75, 3.05) is 0 Å². The second-order valence-corrected chi connectivity index (χ2v) is 4.30. The van der Waals surface area contributed by atoms with Gasteiger partial charge in [0, 0.05) is 5.56 Å². The van der Waals surface area contributed by atoms with Crippen molar-refractivity contribution in [2.24, 2.45) is 5.73 Å². The lowest BCUT2D eigenvalue weighted by atomic mass is 9.94. The normalized spacial score (nSPS) is 11.8. The fourth-order valence-corrected chi connectivity index (χ4v) is 1.72. The topological polar surface area (TPSA) is 64.9 Å². The van der Waals surface area contributed by atoms with Gasteiger partial charge in [0.1, 0.15) is 5.82 Å². The highest BCUT2D eigenvalue weighted by Crippen LogP contribution is 2.26. The minimum atomic E-state index is -0.613. The first-order valence-corrected chi connectivity index (χ1v) is 5.98. The molecular formula is C13H16FN3O. The van der Waals surface area contributed by atoms with Crippen LogP contribution in [0.3, 0.4) is 0 Å². The van der Waals surface area contributed by atoms with E-state index in [0.717, 1.165) is 0 Å². The highest BCUT2D eigenvalue weighted by molar-refractivity contribution is 5.54. The first kappa shape index (κ1) is 12.7. The van der Waals surface area contributed by atoms with Crippen LogP contribution in [0.5, 0.6) is 0 Å². The zero-order valence-corrected chi connectivity index (χ0v) is 10.5. The molecule has 0 radical (unpaired) electrons. The molecule has 1 heterocycles. The van der Waals surface area contributed by atoms with Crippen molar-refractivity contribution in [1.29, 1.82) is 0 Å². The quantitative estimate of drug-likeness (QED) is 0.904. The van der Waals surface area contributed by atoms with Crippen molar-refractivity contribution in [3.05, 3.63) is 36.0 Å². The molecule has 1 aromatic carbocycles. The average Bonchev–Trinajstić information content (AvgIpc) is 2.88. The van der Waals surface area contributed by atoms with Gasteiger partial charge in [-0.2, -0.15) is 4.98 Å². The third-order valence-corrected chi connectivity index (χ3v) is 3.20. The van der Waals surface area contributed by atoms with Crippen molar-refractivity contribution in [1.82, 2.24) is 10.1 Å². The van der Waals surface area contributed by atoms with Crippen LogP contribution in [0.15, 0.2) is 28.8 Å². The molecule has 0 bridgehead atoms. The fraction of sp³-hybridized carbons (Fsp3) is 0.385. The third-order valence-electron chi connectivity index (χ3n) is 3.20. The number of halogens is 1. The highest BCUT2D eigenvalue weighted by atomic mass is 19.1. The molecule has 96 valence electrons. The molecule has 0 atom stereocenters. The van der Waals surface area contributed by atoms with Crippen LogP contribution in [-0.4, -0.2) is 10.1 Å². The number of rotatable bonds is 4. The Hall–Kier alpha value is -1.75. The Labute approximate surface area is 105 Å². The molecule has 0 fully saturated rings. The number of nitrogens with two attached hydrogens (primary N) is 1. The molecule has 2 N–H and O–H groups in total. The second-order valence-electron chi connectivity index (χ2n) is 4.30. The van der Waals surface area contributed by atoms with Crippen molar-refractivity contribution in [2.45, 2.75) is 32.2 Å². The smallest absolute Gasteiger partial charge is 0.247 e. The number of hydrogen-bond donors (Lipinski definition) is 1. The summed E-state index contributed by atoms with van der Waals surface area (Å²) in [5.74, 6) is 0.428. The van der Waals surface area contributed by atoms with E-state index in [1.165, 1.54) is 12.1 Å². The molecule has 1 aromatic heterocycles. The minimum Gasteiger partial charge on any atom is -0.337 e. The van der Waals surface area contributed by atoms with E-state index in [1.54, 1.807) is 12.1 Å². The van der Waals surface area contributed by atoms with Gasteiger partial charge in [0.15, 0.2) is 0 Å². The standard InChI is InChI=1S/C13H16FN3O/c1-3-13(15,4-2)12-16-11(17-18-12)9-6-5-7-10(14)8-9/h5-8H,3-4,15H2,1-2H3. The van der Waals surface area contributed by atoms with Crippen molar-refractivity contribution in [3.8, 4) is 11.4 Å². The lowest BCUT2D eigenvalue weighted by Crippen LogP contribution is -2.35. The van der Waals surface area contributed by atoms with Gasteiger partial charge in [0.2, 0.25) is 11.7 Å². The molecule has 0 unspecified atom stereocenters. The number of nitrogens with zero attached hydrogens (tertiary/aromatic N) is 2. The molecule has 0 aliphatic rings. The van der Waals surface area contributed by atoms with Gasteiger partial charge in [-0.05, 0) is 25.0 Å². The van der Waals surface area contributed by atoms with Gasteiger partial charge in [-0.15, -0.1) is 0 Å². The van der Waals surface area contributed by atoms with Gasteiger partial charge in [0.05, 0.1) is 5.54 Å². The minimum absolute atomic E-state index is 0.330. The SMILES string of the molecule is CCC(N)(CC)c1nc(-c2cccc(F)c2)no1. The molecule has 0 aliphatic heterocycles. The van der Waals surface area contributed by atoms with E-state index >= 15 is 0 Å². The maximum atomic E-state index is 13.1. The van der Waals surface area contributed by atoms with Crippen LogP contribution in [0, 0.1) is 5.82 Å². The number of hydrogen-bond acceptors (Lipinski definition) is 4. The number of benzene rings is 1. The number of aromatic nitrogens is 2. The summed E-state index contributed by atoms with van der Waals surface area (Å²) in [6.45, 7) is 3.94. The van der Waals surface area contributed by atoms with E-state index in [1.807, 2.05) is 13.8 Å². The van der Waals surface area contributed by atoms with Crippen LogP contribution in [0.4, 0.5) is 4.39 Å². The van der Waals surface area contributed by atoms with Gasteiger partial charge >= 0.3 is 0 Å². The third kappa shape index (κ3) is 2.26. The maximum absolute atomic E-state index is 13.1. The van der Waals surface area contributed by atoms with E-state index < -0.39 is 5.54 Å². The summed E-state index contributed by atoms with van der Waals surface area (Å²) < 4.78 is 18.3. The largest absolute Gasteiger partial charge is 0.337 e. The Morgan fingerprint density at radius 2 is 2.06 bits per heavy atom. The zero-order chi connectivity index (χ0) is 13.2. The predicted octanol–water partition coefficient (Wildman–Crippen LogP) is 2.85. The van der Waals surface area contributed by atoms with Crippen molar-refractivity contribution >= 4 is 0 Å². The Morgan fingerprint density at radius 3 is 2.67 bits per heavy atom. The van der Waals surface area contributed by atoms with E-state index in [0.29, 0.717) is 30.1 Å². The summed E-state index contributed by atoms with van der Waals surface area (Å²) in [6.07, 6.45) is 1.41. The first-order valence-electron chi connectivity index (χ1n) is 5.98. The summed E-state index contributed by atoms with van der Waals surface area (Å²) in [5.41, 5.74) is 6.14. The molecule has 2 aromatic rings. The van der Waals surface area contributed by atoms with Crippen LogP contribution < -0.4 is 5.73 Å². The summed E-state index contributed by atoms with van der Waals surface area (Å²) in [5, 5.41) is 3.86. The molecule has 5 heteroatoms. The van der Waals surface area contributed by atoms with Gasteiger partial charge in [-0.3, -0.25) is 0 Å². The van der Waals surface area contributed by atoms with Crippen LogP contribution in [0.2, 0.25) is 0 Å². The van der Waals surface area contributed by atoms with Crippen LogP contribution in [-0.2, 0) is 5.54 Å². The molecular weight excluding hydrogens is 233 g/mol. The maximum Gasteiger partial charge on any atom is 0.247 e. The zero-order valence-electron chi connectivity index (χ0n) is 10.5. The summed E-state index contributed by atoms with van der Waals surface area (Å²) >= 11 is 0. The van der Waals surface area contributed by atoms with Crippen LogP contribution >= 0.6 is 0 Å². The monoisotopic (exact) mass is 249 g/mol. The molecule has 2 rings (SSSR count). The van der Waals surface area contributed by atoms with E-state index in [-0.39, 0.29) is 5.82 Å². The molecule has 4 nitrogen and oxygen atoms in total. The highest BCUT2D eigenvalue weighted by Gasteiger charge is 2.30. The second kappa shape index (κ2) is 4.86. The average molecular weight is 249 g/mol. The van der Waals surface area contributed by atoms with Gasteiger partial charge in [0.25, 0.3) is 0 Å². The Kier molecular flexibility index (Phi) is 3.43. The van der Waals surface area contributed by atoms with Gasteiger partial charge in [-0.1, -0.05) is 31.1 Å². The predicted molar refractivity (Wildman–Crippen MR) is 66.1 cm³/mol. The Morgan fingerprint density at radius 1 is 1.33 bits per heavy atom. The van der Waals surface area contributed by atoms with Gasteiger partial charge in [-0.25, -0.2) is 4.39 Å². The Balaban J connectivity index is 2.36. The van der Waals surface area contributed by atoms with Crippen molar-refractivity contribution < 1.29 is 8.91 Å². The summed E-state index contributed by atoms with van der Waals surface area (Å²) in [6, 6.07) is 6.07. The fourth-order valence-electron chi connectivity index (χ4n) is 1.72. The van der Waals surface area contributed by atoms with E-state index in [2.05, 4.69) is 10.1 Å². The van der Waals surface area contributed by atoms with Crippen LogP contribution in [0.1, 0.15) is 32.6 Å². The Bertz CT molecular complexity index is 535. The molecule has 0 amide bonds. The molecule has 0 aliphatic carbocycles. The first-order chi connectivity index (χ1) is 8.59. The molecule has 0 spiro atoms. The summed E-state index contributed by atoms with van der Waals surface area (Å²) in [7, 11) is 0. The summed E-state index contributed by atoms with van der Waals surface area (Å²) in [4.78, 5) is 4.27. The van der Waals surface area contributed by atoms with E-state index in [4.69, 9.17) is 10.3 Å². The lowest BCUT2D eigenvalue weighted by Gasteiger charge is -2.20. The molecule has 18 heavy (non-hydrogen) atoms. The van der Waals surface area contributed by atoms with Gasteiger partial charge < -0.3 is 10.3 Å². The lowest BCUT2D eigenvalue weighted by molar-refractivity contribution is 0.268. The molecule has 0 saturated carbocycles. The van der Waals surface area contributed by atoms with Crippen molar-refractivity contribution in [3.63, 3.8) is 0 Å². The van der Waals surface area contributed by atoms with E-state index in [9.17, 15) is 4.39 Å². The molecule has 0 saturated heterocycles. The van der Waals surface area contributed by atoms with Crippen LogP contribution in [0.25, 0.3) is 11.4 Å².